The summed E-state index contributed by atoms with van der Waals surface area (Å²) in [6.07, 6.45) is 5.83. The summed E-state index contributed by atoms with van der Waals surface area (Å²) in [7, 11) is 0. The van der Waals surface area contributed by atoms with Gasteiger partial charge in [-0.05, 0) is 32.8 Å². The minimum Gasteiger partial charge on any atom is -0.478 e. The first-order valence-corrected chi connectivity index (χ1v) is 7.31. The first-order chi connectivity index (χ1) is 9.47. The SMILES string of the molecule is CCCCCCC(C)Nc1nnc(C)c(C)c1C(=O)O. The fraction of sp³-hybridized carbons (Fsp3) is 0.667. The molecule has 1 aromatic heterocycles. The van der Waals surface area contributed by atoms with Crippen LogP contribution in [-0.2, 0) is 0 Å². The molecule has 0 amide bonds. The molecule has 5 nitrogen and oxygen atoms in total. The highest BCUT2D eigenvalue weighted by Gasteiger charge is 2.18. The Kier molecular flexibility index (Phi) is 6.42. The van der Waals surface area contributed by atoms with Crippen molar-refractivity contribution in [3.05, 3.63) is 16.8 Å². The molecule has 1 atom stereocenters. The predicted octanol–water partition coefficient (Wildman–Crippen LogP) is 3.56. The second kappa shape index (κ2) is 7.82. The number of aryl methyl sites for hydroxylation is 1. The standard InChI is InChI=1S/C15H25N3O2/c1-5-6-7-8-9-10(2)16-14-13(15(19)20)11(3)12(4)17-18-14/h10H,5-9H2,1-4H3,(H,16,18)(H,19,20). The third-order valence-corrected chi connectivity index (χ3v) is 3.54. The normalized spacial score (nSPS) is 12.2. The number of rotatable bonds is 8. The number of nitrogens with zero attached hydrogens (tertiary/aromatic N) is 2. The summed E-state index contributed by atoms with van der Waals surface area (Å²) in [5.74, 6) is -0.579. The Labute approximate surface area is 120 Å². The van der Waals surface area contributed by atoms with Gasteiger partial charge in [0.1, 0.15) is 5.56 Å². The van der Waals surface area contributed by atoms with Crippen molar-refractivity contribution >= 4 is 11.8 Å². The third-order valence-electron chi connectivity index (χ3n) is 3.54. The van der Waals surface area contributed by atoms with Crippen molar-refractivity contribution in [2.45, 2.75) is 65.8 Å². The second-order valence-corrected chi connectivity index (χ2v) is 5.33. The van der Waals surface area contributed by atoms with Gasteiger partial charge in [-0.25, -0.2) is 4.79 Å². The Morgan fingerprint density at radius 3 is 2.55 bits per heavy atom. The lowest BCUT2D eigenvalue weighted by Gasteiger charge is -2.17. The third kappa shape index (κ3) is 4.47. The zero-order valence-corrected chi connectivity index (χ0v) is 12.9. The molecule has 0 aliphatic carbocycles. The molecule has 0 bridgehead atoms. The Hall–Kier alpha value is -1.65. The maximum absolute atomic E-state index is 11.4. The largest absolute Gasteiger partial charge is 0.478 e. The molecular formula is C15H25N3O2. The van der Waals surface area contributed by atoms with Crippen LogP contribution in [0.15, 0.2) is 0 Å². The van der Waals surface area contributed by atoms with E-state index in [1.807, 2.05) is 0 Å². The number of carbonyl (C=O) groups is 1. The molecule has 0 radical (unpaired) electrons. The lowest BCUT2D eigenvalue weighted by Crippen LogP contribution is -2.20. The van der Waals surface area contributed by atoms with Crippen LogP contribution in [0.4, 0.5) is 5.82 Å². The van der Waals surface area contributed by atoms with Crippen molar-refractivity contribution in [2.24, 2.45) is 0 Å². The molecule has 0 saturated carbocycles. The summed E-state index contributed by atoms with van der Waals surface area (Å²) in [6, 6.07) is 0.196. The monoisotopic (exact) mass is 279 g/mol. The molecule has 112 valence electrons. The zero-order valence-electron chi connectivity index (χ0n) is 12.9. The number of hydrogen-bond donors (Lipinski definition) is 2. The fourth-order valence-corrected chi connectivity index (χ4v) is 2.15. The average molecular weight is 279 g/mol. The van der Waals surface area contributed by atoms with Gasteiger partial charge in [0, 0.05) is 6.04 Å². The first kappa shape index (κ1) is 16.4. The summed E-state index contributed by atoms with van der Waals surface area (Å²) >= 11 is 0. The Morgan fingerprint density at radius 1 is 1.25 bits per heavy atom. The number of hydrogen-bond acceptors (Lipinski definition) is 4. The number of carboxylic acid groups (broad SMARTS) is 1. The van der Waals surface area contributed by atoms with E-state index in [0.29, 0.717) is 17.1 Å². The van der Waals surface area contributed by atoms with E-state index in [2.05, 4.69) is 29.4 Å². The minimum atomic E-state index is -0.957. The van der Waals surface area contributed by atoms with Gasteiger partial charge >= 0.3 is 5.97 Å². The van der Waals surface area contributed by atoms with E-state index >= 15 is 0 Å². The van der Waals surface area contributed by atoms with Gasteiger partial charge in [0.2, 0.25) is 0 Å². The van der Waals surface area contributed by atoms with E-state index in [1.54, 1.807) is 13.8 Å². The molecular weight excluding hydrogens is 254 g/mol. The van der Waals surface area contributed by atoms with Gasteiger partial charge in [-0.3, -0.25) is 0 Å². The topological polar surface area (TPSA) is 75.1 Å². The van der Waals surface area contributed by atoms with E-state index in [-0.39, 0.29) is 11.6 Å². The van der Waals surface area contributed by atoms with Gasteiger partial charge in [-0.15, -0.1) is 5.10 Å². The van der Waals surface area contributed by atoms with E-state index < -0.39 is 5.97 Å². The van der Waals surface area contributed by atoms with Crippen LogP contribution in [0.3, 0.4) is 0 Å². The van der Waals surface area contributed by atoms with Gasteiger partial charge in [-0.2, -0.15) is 5.10 Å². The quantitative estimate of drug-likeness (QED) is 0.712. The average Bonchev–Trinajstić information content (AvgIpc) is 2.39. The van der Waals surface area contributed by atoms with Crippen molar-refractivity contribution in [1.29, 1.82) is 0 Å². The van der Waals surface area contributed by atoms with E-state index in [9.17, 15) is 9.90 Å². The molecule has 2 N–H and O–H groups in total. The number of aromatic nitrogens is 2. The van der Waals surface area contributed by atoms with Crippen molar-refractivity contribution in [3.63, 3.8) is 0 Å². The van der Waals surface area contributed by atoms with Crippen LogP contribution in [0.25, 0.3) is 0 Å². The van der Waals surface area contributed by atoms with Gasteiger partial charge < -0.3 is 10.4 Å². The van der Waals surface area contributed by atoms with Crippen LogP contribution in [-0.4, -0.2) is 27.3 Å². The number of carboxylic acids is 1. The molecule has 0 spiro atoms. The van der Waals surface area contributed by atoms with Crippen LogP contribution < -0.4 is 5.32 Å². The van der Waals surface area contributed by atoms with Crippen molar-refractivity contribution in [3.8, 4) is 0 Å². The molecule has 0 fully saturated rings. The van der Waals surface area contributed by atoms with Gasteiger partial charge in [0.05, 0.1) is 5.69 Å². The van der Waals surface area contributed by atoms with Crippen molar-refractivity contribution in [1.82, 2.24) is 10.2 Å². The maximum Gasteiger partial charge on any atom is 0.339 e. The van der Waals surface area contributed by atoms with E-state index in [4.69, 9.17) is 0 Å². The molecule has 1 heterocycles. The Morgan fingerprint density at radius 2 is 1.95 bits per heavy atom. The van der Waals surface area contributed by atoms with Gasteiger partial charge in [0.25, 0.3) is 0 Å². The zero-order chi connectivity index (χ0) is 15.1. The molecule has 20 heavy (non-hydrogen) atoms. The van der Waals surface area contributed by atoms with Crippen LogP contribution in [0.2, 0.25) is 0 Å². The van der Waals surface area contributed by atoms with Crippen LogP contribution in [0.5, 0.6) is 0 Å². The number of unbranched alkanes of at least 4 members (excludes halogenated alkanes) is 3. The summed E-state index contributed by atoms with van der Waals surface area (Å²) in [5, 5.41) is 20.5. The maximum atomic E-state index is 11.4. The smallest absolute Gasteiger partial charge is 0.339 e. The molecule has 5 heteroatoms. The summed E-state index contributed by atoms with van der Waals surface area (Å²) < 4.78 is 0. The van der Waals surface area contributed by atoms with Crippen molar-refractivity contribution in [2.75, 3.05) is 5.32 Å². The predicted molar refractivity (Wildman–Crippen MR) is 80.3 cm³/mol. The summed E-state index contributed by atoms with van der Waals surface area (Å²) in [5.41, 5.74) is 1.56. The molecule has 0 aliphatic rings. The molecule has 1 rings (SSSR count). The highest BCUT2D eigenvalue weighted by Crippen LogP contribution is 2.20. The summed E-state index contributed by atoms with van der Waals surface area (Å²) in [4.78, 5) is 11.4. The van der Waals surface area contributed by atoms with E-state index in [0.717, 1.165) is 12.8 Å². The van der Waals surface area contributed by atoms with E-state index in [1.165, 1.54) is 19.3 Å². The molecule has 0 saturated heterocycles. The second-order valence-electron chi connectivity index (χ2n) is 5.33. The molecule has 0 aliphatic heterocycles. The number of aromatic carboxylic acids is 1. The highest BCUT2D eigenvalue weighted by atomic mass is 16.4. The van der Waals surface area contributed by atoms with Crippen LogP contribution >= 0.6 is 0 Å². The molecule has 1 aromatic rings. The Balaban J connectivity index is 2.72. The fourth-order valence-electron chi connectivity index (χ4n) is 2.15. The number of anilines is 1. The minimum absolute atomic E-state index is 0.196. The number of nitrogens with one attached hydrogen (secondary N) is 1. The molecule has 0 aromatic carbocycles. The van der Waals surface area contributed by atoms with Crippen LogP contribution in [0.1, 0.15) is 67.6 Å². The lowest BCUT2D eigenvalue weighted by atomic mass is 10.1. The van der Waals surface area contributed by atoms with Gasteiger partial charge in [-0.1, -0.05) is 32.6 Å². The van der Waals surface area contributed by atoms with Crippen LogP contribution in [0, 0.1) is 13.8 Å². The lowest BCUT2D eigenvalue weighted by molar-refractivity contribution is 0.0696. The van der Waals surface area contributed by atoms with Crippen molar-refractivity contribution < 1.29 is 9.90 Å². The van der Waals surface area contributed by atoms with Gasteiger partial charge in [0.15, 0.2) is 5.82 Å². The summed E-state index contributed by atoms with van der Waals surface area (Å²) in [6.45, 7) is 7.78. The highest BCUT2D eigenvalue weighted by molar-refractivity contribution is 5.94. The Bertz CT molecular complexity index is 461. The molecule has 1 unspecified atom stereocenters. The first-order valence-electron chi connectivity index (χ1n) is 7.31.